The molecule has 9 atom stereocenters. The van der Waals surface area contributed by atoms with Gasteiger partial charge in [0.15, 0.2) is 0 Å². The van der Waals surface area contributed by atoms with Crippen LogP contribution in [0.3, 0.4) is 0 Å². The average Bonchev–Trinajstić information content (AvgIpc) is 3.97. The molecule has 2 aliphatic rings. The van der Waals surface area contributed by atoms with Crippen molar-refractivity contribution in [2.45, 2.75) is 116 Å². The monoisotopic (exact) mass is 998 g/mol. The van der Waals surface area contributed by atoms with Crippen molar-refractivity contribution in [1.82, 2.24) is 25.3 Å². The second-order valence-electron chi connectivity index (χ2n) is 18.9. The molecular formula is C53H71N7O12. The number of rotatable bonds is 25. The first kappa shape index (κ1) is 57.6. The molecule has 1 fully saturated rings. The lowest BCUT2D eigenvalue weighted by molar-refractivity contribution is -0.148. The van der Waals surface area contributed by atoms with Gasteiger partial charge in [0.1, 0.15) is 18.1 Å². The predicted octanol–water partition coefficient (Wildman–Crippen LogP) is 4.13. The number of benzene rings is 2. The van der Waals surface area contributed by atoms with Crippen LogP contribution in [-0.2, 0) is 54.3 Å². The van der Waals surface area contributed by atoms with E-state index in [9.17, 15) is 48.3 Å². The highest BCUT2D eigenvalue weighted by Gasteiger charge is 2.44. The molecule has 1 saturated heterocycles. The SMILES string of the molecule is C=CC(=O)Nc1cc(C(=O)N(C)[C@@H](C(=C)C)C(=O)N[C@H](C(=O)N(C)[C@@H]([C@@H](C)CC)[C@@H](CC(=O)N2CCC[C@H]2[C@H](OC)[C@@H](C)C(=O)N[C@@H](Cc2ccccc2)C(=O)O)OC)C(C)C)cc(N2C(=O)C=CC2=O)c1. The van der Waals surface area contributed by atoms with Gasteiger partial charge in [0, 0.05) is 64.7 Å². The Labute approximate surface area is 422 Å². The molecule has 0 aromatic heterocycles. The van der Waals surface area contributed by atoms with Crippen LogP contribution >= 0.6 is 0 Å². The van der Waals surface area contributed by atoms with Gasteiger partial charge >= 0.3 is 5.97 Å². The summed E-state index contributed by atoms with van der Waals surface area (Å²) >= 11 is 0. The number of likely N-dealkylation sites (N-methyl/N-ethyl adjacent to an activating group) is 2. The Balaban J connectivity index is 1.54. The molecule has 0 saturated carbocycles. The molecule has 4 rings (SSSR count). The highest BCUT2D eigenvalue weighted by molar-refractivity contribution is 6.28. The second kappa shape index (κ2) is 25.9. The van der Waals surface area contributed by atoms with Crippen molar-refractivity contribution in [3.05, 3.63) is 96.6 Å². The third-order valence-corrected chi connectivity index (χ3v) is 13.5. The average molecular weight is 998 g/mol. The summed E-state index contributed by atoms with van der Waals surface area (Å²) in [6.45, 7) is 18.4. The number of carboxylic acids is 1. The molecule has 19 heteroatoms. The number of nitrogens with zero attached hydrogens (tertiary/aromatic N) is 4. The Morgan fingerprint density at radius 1 is 0.903 bits per heavy atom. The number of carboxylic acid groups (broad SMARTS) is 1. The summed E-state index contributed by atoms with van der Waals surface area (Å²) in [6, 6.07) is 8.06. The normalized spacial score (nSPS) is 17.7. The van der Waals surface area contributed by atoms with Gasteiger partial charge in [-0.15, -0.1) is 0 Å². The molecule has 0 radical (unpaired) electrons. The molecule has 4 N–H and O–H groups in total. The molecule has 0 bridgehead atoms. The summed E-state index contributed by atoms with van der Waals surface area (Å²) in [4.78, 5) is 126. The van der Waals surface area contributed by atoms with Crippen molar-refractivity contribution in [2.75, 3.05) is 45.1 Å². The van der Waals surface area contributed by atoms with E-state index in [4.69, 9.17) is 9.47 Å². The van der Waals surface area contributed by atoms with E-state index in [1.165, 1.54) is 44.4 Å². The Kier molecular flexibility index (Phi) is 20.7. The fourth-order valence-corrected chi connectivity index (χ4v) is 9.46. The molecule has 390 valence electrons. The number of hydrogen-bond donors (Lipinski definition) is 4. The van der Waals surface area contributed by atoms with Crippen LogP contribution in [-0.4, -0.2) is 150 Å². The number of amides is 8. The van der Waals surface area contributed by atoms with Gasteiger partial charge in [-0.25, -0.2) is 9.69 Å². The number of likely N-dealkylation sites (tertiary alicyclic amines) is 1. The van der Waals surface area contributed by atoms with E-state index in [2.05, 4.69) is 29.1 Å². The van der Waals surface area contributed by atoms with Gasteiger partial charge < -0.3 is 45.2 Å². The standard InChI is InChI=1S/C53H71N7O12/c1-13-32(7)47(40(71-11)29-44(64)59-24-18-21-39(59)48(72-12)33(8)49(65)55-38(53(69)70)25-34-19-16-15-17-20-34)58(10)52(68)45(30(3)4)56-50(66)46(31(5)6)57(9)51(67)35-26-36(54-41(61)14-2)28-37(27-35)60-42(62)22-23-43(60)63/h14-17,19-20,22-23,26-28,30,32-33,38-40,45-48H,2,5,13,18,21,24-25,29H2,1,3-4,6-12H3,(H,54,61)(H,55,65)(H,56,66)(H,69,70)/t32-,33+,38-,39-,40+,45-,46-,47-,48+/m0/s1. The molecule has 0 spiro atoms. The third-order valence-electron chi connectivity index (χ3n) is 13.5. The molecule has 19 nitrogen and oxygen atoms in total. The molecule has 2 aliphatic heterocycles. The van der Waals surface area contributed by atoms with Gasteiger partial charge in [-0.1, -0.05) is 84.5 Å². The smallest absolute Gasteiger partial charge is 0.326 e. The number of hydrogen-bond acceptors (Lipinski definition) is 11. The summed E-state index contributed by atoms with van der Waals surface area (Å²) in [6.07, 6.45) is 3.22. The maximum Gasteiger partial charge on any atom is 0.326 e. The lowest BCUT2D eigenvalue weighted by Gasteiger charge is -2.41. The Hall–Kier alpha value is -6.99. The van der Waals surface area contributed by atoms with Crippen molar-refractivity contribution in [1.29, 1.82) is 0 Å². The summed E-state index contributed by atoms with van der Waals surface area (Å²) in [5.74, 6) is -7.43. The van der Waals surface area contributed by atoms with Gasteiger partial charge in [0.05, 0.1) is 42.3 Å². The van der Waals surface area contributed by atoms with E-state index in [-0.39, 0.29) is 47.2 Å². The number of methoxy groups -OCH3 is 2. The zero-order valence-electron chi connectivity index (χ0n) is 43.0. The van der Waals surface area contributed by atoms with Crippen molar-refractivity contribution in [3.63, 3.8) is 0 Å². The number of nitrogens with one attached hydrogen (secondary N) is 3. The first-order valence-electron chi connectivity index (χ1n) is 24.1. The fraction of sp³-hybridized carbons (Fsp3) is 0.491. The molecule has 2 aromatic rings. The molecule has 0 unspecified atom stereocenters. The highest BCUT2D eigenvalue weighted by atomic mass is 16.5. The first-order valence-corrected chi connectivity index (χ1v) is 24.1. The number of ether oxygens (including phenoxy) is 2. The van der Waals surface area contributed by atoms with Crippen LogP contribution in [0.4, 0.5) is 11.4 Å². The number of carbonyl (C=O) groups is 9. The van der Waals surface area contributed by atoms with E-state index in [0.29, 0.717) is 25.8 Å². The maximum atomic E-state index is 14.7. The summed E-state index contributed by atoms with van der Waals surface area (Å²) in [5, 5.41) is 18.0. The minimum absolute atomic E-state index is 0.00797. The van der Waals surface area contributed by atoms with E-state index in [0.717, 1.165) is 33.6 Å². The predicted molar refractivity (Wildman–Crippen MR) is 270 cm³/mol. The number of anilines is 2. The lowest BCUT2D eigenvalue weighted by Crippen LogP contribution is -2.60. The summed E-state index contributed by atoms with van der Waals surface area (Å²) in [5.41, 5.74) is 0.958. The Bertz CT molecular complexity index is 2390. The molecule has 0 aliphatic carbocycles. The van der Waals surface area contributed by atoms with Crippen LogP contribution < -0.4 is 20.9 Å². The number of imide groups is 1. The van der Waals surface area contributed by atoms with E-state index in [1.807, 2.05) is 19.9 Å². The molecular weight excluding hydrogens is 927 g/mol. The zero-order chi connectivity index (χ0) is 53.7. The van der Waals surface area contributed by atoms with Crippen LogP contribution in [0.5, 0.6) is 0 Å². The van der Waals surface area contributed by atoms with Crippen molar-refractivity contribution >= 4 is 64.6 Å². The summed E-state index contributed by atoms with van der Waals surface area (Å²) < 4.78 is 11.9. The van der Waals surface area contributed by atoms with Gasteiger partial charge in [-0.3, -0.25) is 38.4 Å². The van der Waals surface area contributed by atoms with Crippen molar-refractivity contribution in [2.24, 2.45) is 17.8 Å². The van der Waals surface area contributed by atoms with Crippen molar-refractivity contribution < 1.29 is 57.7 Å². The van der Waals surface area contributed by atoms with Crippen molar-refractivity contribution in [3.8, 4) is 0 Å². The van der Waals surface area contributed by atoms with Crippen LogP contribution in [0.2, 0.25) is 0 Å². The van der Waals surface area contributed by atoms with Crippen LogP contribution in [0.15, 0.2) is 85.5 Å². The van der Waals surface area contributed by atoms with Gasteiger partial charge in [-0.05, 0) is 67.0 Å². The maximum absolute atomic E-state index is 14.7. The van der Waals surface area contributed by atoms with Crippen LogP contribution in [0.1, 0.15) is 83.1 Å². The van der Waals surface area contributed by atoms with Gasteiger partial charge in [-0.2, -0.15) is 0 Å². The topological polar surface area (TPSA) is 241 Å². The van der Waals surface area contributed by atoms with E-state index >= 15 is 0 Å². The largest absolute Gasteiger partial charge is 0.480 e. The lowest BCUT2D eigenvalue weighted by atomic mass is 9.89. The molecule has 72 heavy (non-hydrogen) atoms. The number of carbonyl (C=O) groups excluding carboxylic acids is 8. The quantitative estimate of drug-likeness (QED) is 0.0624. The Morgan fingerprint density at radius 2 is 1.54 bits per heavy atom. The number of aliphatic carboxylic acids is 1. The van der Waals surface area contributed by atoms with Gasteiger partial charge in [0.25, 0.3) is 17.7 Å². The first-order chi connectivity index (χ1) is 34.0. The van der Waals surface area contributed by atoms with Crippen LogP contribution in [0.25, 0.3) is 0 Å². The highest BCUT2D eigenvalue weighted by Crippen LogP contribution is 2.31. The van der Waals surface area contributed by atoms with Gasteiger partial charge in [0.2, 0.25) is 29.5 Å². The van der Waals surface area contributed by atoms with E-state index in [1.54, 1.807) is 63.9 Å². The minimum Gasteiger partial charge on any atom is -0.480 e. The molecule has 8 amide bonds. The van der Waals surface area contributed by atoms with E-state index < -0.39 is 102 Å². The Morgan fingerprint density at radius 3 is 2.08 bits per heavy atom. The third kappa shape index (κ3) is 13.9. The molecule has 2 aromatic carbocycles. The summed E-state index contributed by atoms with van der Waals surface area (Å²) in [7, 11) is 5.86. The molecule has 2 heterocycles. The minimum atomic E-state index is -1.33. The second-order valence-corrected chi connectivity index (χ2v) is 18.9. The van der Waals surface area contributed by atoms with Crippen LogP contribution in [0, 0.1) is 17.8 Å². The fourth-order valence-electron chi connectivity index (χ4n) is 9.46. The zero-order valence-corrected chi connectivity index (χ0v) is 43.0.